The molecule has 0 aromatic carbocycles. The number of nitrogens with two attached hydrogens (primary N) is 5. The van der Waals surface area contributed by atoms with Crippen molar-refractivity contribution in [1.82, 2.24) is 0 Å². The highest BCUT2D eigenvalue weighted by atomic mass is 28.6. The SMILES string of the molecule is C[Si]12O[Si]3(C)O[Si]4(N)O[Si](N)(O)O[Si](N)(O1)O[Si](N)(O4)O[Si](N)(O2)O3. The smallest absolute Gasteiger partial charge is 0.378 e. The lowest BCUT2D eigenvalue weighted by Crippen LogP contribution is -2.92. The molecule has 16 nitrogen and oxygen atoms in total. The third-order valence-electron chi connectivity index (χ3n) is 3.11. The monoisotopic (exact) mass is 483 g/mol. The van der Waals surface area contributed by atoms with Gasteiger partial charge in [0.05, 0.1) is 0 Å². The summed E-state index contributed by atoms with van der Waals surface area (Å²) in [5.41, 5.74) is 0. The van der Waals surface area contributed by atoms with Gasteiger partial charge >= 0.3 is 62.4 Å². The fraction of sp³-hybridized carbons (Fsp3) is 1.00. The lowest BCUT2D eigenvalue weighted by Gasteiger charge is -2.56. The summed E-state index contributed by atoms with van der Waals surface area (Å²) in [6, 6.07) is 0. The van der Waals surface area contributed by atoms with E-state index in [0.717, 1.165) is 0 Å². The van der Waals surface area contributed by atoms with Gasteiger partial charge in [0.25, 0.3) is 0 Å². The molecule has 4 rings (SSSR count). The van der Waals surface area contributed by atoms with Crippen LogP contribution in [0.3, 0.4) is 0 Å². The van der Waals surface area contributed by atoms with Crippen molar-refractivity contribution < 1.29 is 45.9 Å². The predicted octanol–water partition coefficient (Wildman–Crippen LogP) is -5.69. The Balaban J connectivity index is 1.93. The lowest BCUT2D eigenvalue weighted by atomic mass is 11.9. The highest BCUT2D eigenvalue weighted by Crippen LogP contribution is 2.40. The zero-order chi connectivity index (χ0) is 18.6. The van der Waals surface area contributed by atoms with Crippen LogP contribution < -0.4 is 27.0 Å². The van der Waals surface area contributed by atoms with Crippen molar-refractivity contribution in [3.63, 3.8) is 0 Å². The molecule has 0 aliphatic carbocycles. The van der Waals surface area contributed by atoms with Gasteiger partial charge in [-0.1, -0.05) is 0 Å². The summed E-state index contributed by atoms with van der Waals surface area (Å²) in [5, 5.41) is 29.9. The summed E-state index contributed by atoms with van der Waals surface area (Å²) in [6.45, 7) is 2.91. The van der Waals surface area contributed by atoms with Crippen LogP contribution in [0.25, 0.3) is 0 Å². The quantitative estimate of drug-likeness (QED) is 0.176. The average molecular weight is 484 g/mol. The second-order valence-corrected chi connectivity index (χ2v) is 23.5. The minimum Gasteiger partial charge on any atom is -0.378 e. The highest BCUT2D eigenvalue weighted by molar-refractivity contribution is 6.99. The van der Waals surface area contributed by atoms with E-state index in [1.807, 2.05) is 0 Å². The molecule has 4 fully saturated rings. The Kier molecular flexibility index (Phi) is 3.90. The van der Waals surface area contributed by atoms with E-state index in [4.69, 9.17) is 68.1 Å². The van der Waals surface area contributed by atoms with E-state index in [1.165, 1.54) is 13.1 Å². The van der Waals surface area contributed by atoms with E-state index in [0.29, 0.717) is 0 Å². The summed E-state index contributed by atoms with van der Waals surface area (Å²) in [6.07, 6.45) is 0. The Morgan fingerprint density at radius 2 is 0.760 bits per heavy atom. The Bertz CT molecular complexity index is 573. The minimum atomic E-state index is -4.50. The predicted molar refractivity (Wildman–Crippen MR) is 86.0 cm³/mol. The van der Waals surface area contributed by atoms with Crippen molar-refractivity contribution in [2.24, 2.45) is 27.0 Å². The van der Waals surface area contributed by atoms with Gasteiger partial charge in [-0.3, -0.25) is 27.0 Å². The van der Waals surface area contributed by atoms with E-state index in [1.54, 1.807) is 0 Å². The molecule has 4 aliphatic heterocycles. The summed E-state index contributed by atoms with van der Waals surface area (Å²) >= 11 is 0. The second-order valence-electron chi connectivity index (χ2n) is 5.79. The zero-order valence-corrected chi connectivity index (χ0v) is 19.9. The number of hydrogen-bond acceptors (Lipinski definition) is 16. The first kappa shape index (κ1) is 19.2. The van der Waals surface area contributed by atoms with Crippen molar-refractivity contribution >= 4 is 62.4 Å². The molecule has 4 unspecified atom stereocenters. The molecular weight excluding hydrogens is 467 g/mol. The fourth-order valence-electron chi connectivity index (χ4n) is 2.77. The first-order valence-corrected chi connectivity index (χ1v) is 20.2. The molecule has 11 N–H and O–H groups in total. The molecule has 0 spiro atoms. The Morgan fingerprint density at radius 1 is 0.480 bits per heavy atom. The van der Waals surface area contributed by atoms with Gasteiger partial charge in [0.2, 0.25) is 0 Å². The van der Waals surface area contributed by atoms with Crippen molar-refractivity contribution in [3.05, 3.63) is 0 Å². The summed E-state index contributed by atoms with van der Waals surface area (Å²) in [4.78, 5) is 10.3. The first-order chi connectivity index (χ1) is 11.1. The Morgan fingerprint density at radius 3 is 1.12 bits per heavy atom. The van der Waals surface area contributed by atoms with Crippen LogP contribution in [-0.4, -0.2) is 67.2 Å². The fourth-order valence-corrected chi connectivity index (χ4v) is 32.0. The topological polar surface area (TPSA) is 243 Å². The van der Waals surface area contributed by atoms with Crippen LogP contribution in [0.1, 0.15) is 0 Å². The van der Waals surface area contributed by atoms with E-state index < -0.39 is 62.4 Å². The molecule has 4 saturated heterocycles. The average Bonchev–Trinajstić information content (AvgIpc) is 2.12. The Hall–Kier alpha value is 0.878. The molecule has 4 aliphatic rings. The Labute approximate surface area is 148 Å². The molecule has 0 aromatic heterocycles. The van der Waals surface area contributed by atoms with E-state index in [-0.39, 0.29) is 0 Å². The van der Waals surface area contributed by atoms with Gasteiger partial charge in [0.1, 0.15) is 0 Å². The normalized spacial score (nSPS) is 64.3. The van der Waals surface area contributed by atoms with E-state index in [9.17, 15) is 4.80 Å². The van der Waals surface area contributed by atoms with Crippen LogP contribution >= 0.6 is 0 Å². The zero-order valence-electron chi connectivity index (χ0n) is 12.9. The molecule has 144 valence electrons. The molecular formula is C2H17N5O11Si7. The molecule has 0 radical (unpaired) electrons. The van der Waals surface area contributed by atoms with Crippen molar-refractivity contribution in [2.45, 2.75) is 13.1 Å². The molecule has 0 aromatic rings. The van der Waals surface area contributed by atoms with E-state index >= 15 is 0 Å². The van der Waals surface area contributed by atoms with Crippen molar-refractivity contribution in [1.29, 1.82) is 0 Å². The van der Waals surface area contributed by atoms with Crippen LogP contribution in [0.2, 0.25) is 13.1 Å². The summed E-state index contributed by atoms with van der Waals surface area (Å²) < 4.78 is 55.5. The van der Waals surface area contributed by atoms with Crippen LogP contribution in [-0.2, 0) is 41.2 Å². The van der Waals surface area contributed by atoms with Crippen LogP contribution in [0.4, 0.5) is 0 Å². The second kappa shape index (κ2) is 5.07. The van der Waals surface area contributed by atoms with Gasteiger partial charge in [-0.25, -0.2) is 0 Å². The maximum atomic E-state index is 10.3. The summed E-state index contributed by atoms with van der Waals surface area (Å²) in [5.74, 6) is 0. The summed E-state index contributed by atoms with van der Waals surface area (Å²) in [7, 11) is -28.8. The highest BCUT2D eigenvalue weighted by Gasteiger charge is 2.79. The number of rotatable bonds is 0. The van der Waals surface area contributed by atoms with Crippen LogP contribution in [0.5, 0.6) is 0 Å². The molecule has 4 heterocycles. The van der Waals surface area contributed by atoms with Gasteiger partial charge in [-0.2, -0.15) is 0 Å². The largest absolute Gasteiger partial charge is 0.578 e. The minimum absolute atomic E-state index is 1.45. The molecule has 23 heteroatoms. The molecule has 0 saturated carbocycles. The van der Waals surface area contributed by atoms with Crippen molar-refractivity contribution in [3.8, 4) is 0 Å². The van der Waals surface area contributed by atoms with Gasteiger partial charge in [0, 0.05) is 13.1 Å². The molecule has 0 amide bonds. The van der Waals surface area contributed by atoms with Gasteiger partial charge in [-0.15, -0.1) is 0 Å². The third-order valence-corrected chi connectivity index (χ3v) is 28.0. The van der Waals surface area contributed by atoms with Crippen LogP contribution in [0.15, 0.2) is 0 Å². The molecule has 25 heavy (non-hydrogen) atoms. The first-order valence-electron chi connectivity index (χ1n) is 6.75. The lowest BCUT2D eigenvalue weighted by molar-refractivity contribution is -0.0146. The molecule has 6 bridgehead atoms. The van der Waals surface area contributed by atoms with Gasteiger partial charge in [-0.05, 0) is 0 Å². The maximum absolute atomic E-state index is 10.3. The van der Waals surface area contributed by atoms with Gasteiger partial charge < -0.3 is 45.9 Å². The number of hydrogen-bond donors (Lipinski definition) is 6. The van der Waals surface area contributed by atoms with E-state index in [2.05, 4.69) is 0 Å². The van der Waals surface area contributed by atoms with Gasteiger partial charge in [0.15, 0.2) is 0 Å². The molecule has 4 atom stereocenters. The van der Waals surface area contributed by atoms with Crippen molar-refractivity contribution in [2.75, 3.05) is 0 Å². The standard InChI is InChI=1S/C2H17N5O11Si7/c1-19-9-20(2)11-22(4,10-19)16-25(7)17-23(5,12-19)14-21(3,8)15-24(6,13-20)18-25/h8H,3-7H2,1-2H3. The number of fused-ring (bicyclic) bond motifs is 4. The third kappa shape index (κ3) is 3.51. The maximum Gasteiger partial charge on any atom is 0.578 e. The van der Waals surface area contributed by atoms with Crippen LogP contribution in [0, 0.1) is 0 Å².